The van der Waals surface area contributed by atoms with Gasteiger partial charge in [0.15, 0.2) is 0 Å². The highest BCUT2D eigenvalue weighted by Gasteiger charge is 2.37. The number of carbonyl (C=O) groups excluding carboxylic acids is 2. The number of aromatic nitrogens is 2. The third-order valence-corrected chi connectivity index (χ3v) is 5.37. The molecule has 2 fully saturated rings. The van der Waals surface area contributed by atoms with E-state index in [1.165, 1.54) is 12.8 Å². The van der Waals surface area contributed by atoms with Crippen molar-refractivity contribution in [3.63, 3.8) is 0 Å². The van der Waals surface area contributed by atoms with Crippen LogP contribution in [0.5, 0.6) is 0 Å². The van der Waals surface area contributed by atoms with Crippen LogP contribution in [0.15, 0.2) is 29.1 Å². The quantitative estimate of drug-likeness (QED) is 0.873. The maximum atomic E-state index is 12.5. The van der Waals surface area contributed by atoms with Crippen molar-refractivity contribution >= 4 is 29.0 Å². The summed E-state index contributed by atoms with van der Waals surface area (Å²) in [6, 6.07) is 3.84. The van der Waals surface area contributed by atoms with Crippen LogP contribution in [-0.4, -0.2) is 39.6 Å². The number of anilines is 1. The molecule has 24 heavy (non-hydrogen) atoms. The first-order valence-corrected chi connectivity index (χ1v) is 9.25. The van der Waals surface area contributed by atoms with Crippen LogP contribution in [0, 0.1) is 11.8 Å². The zero-order valence-corrected chi connectivity index (χ0v) is 14.2. The van der Waals surface area contributed by atoms with E-state index in [1.54, 1.807) is 28.3 Å². The van der Waals surface area contributed by atoms with Crippen molar-refractivity contribution in [2.45, 2.75) is 25.8 Å². The Hall–Kier alpha value is -2.15. The smallest absolute Gasteiger partial charge is 0.230 e. The number of carbonyl (C=O) groups is 2. The summed E-state index contributed by atoms with van der Waals surface area (Å²) in [6.45, 7) is 1.99. The lowest BCUT2D eigenvalue weighted by Crippen LogP contribution is -2.30. The molecule has 1 aliphatic heterocycles. The second-order valence-corrected chi connectivity index (χ2v) is 7.42. The predicted molar refractivity (Wildman–Crippen MR) is 91.7 cm³/mol. The lowest BCUT2D eigenvalue weighted by Gasteiger charge is -2.16. The first-order chi connectivity index (χ1) is 11.7. The zero-order chi connectivity index (χ0) is 16.5. The fraction of sp³-hybridized carbons (Fsp3) is 0.471. The maximum absolute atomic E-state index is 12.5. The van der Waals surface area contributed by atoms with Crippen LogP contribution in [0.2, 0.25) is 0 Å². The molecule has 2 aliphatic rings. The van der Waals surface area contributed by atoms with Gasteiger partial charge in [-0.05, 0) is 41.1 Å². The van der Waals surface area contributed by atoms with Crippen molar-refractivity contribution in [1.29, 1.82) is 0 Å². The van der Waals surface area contributed by atoms with Gasteiger partial charge in [-0.3, -0.25) is 9.59 Å². The normalized spacial score (nSPS) is 20.6. The molecule has 1 aliphatic carbocycles. The first-order valence-electron chi connectivity index (χ1n) is 8.30. The molecule has 0 spiro atoms. The van der Waals surface area contributed by atoms with Crippen LogP contribution in [-0.2, 0) is 16.1 Å². The summed E-state index contributed by atoms with van der Waals surface area (Å²) in [5, 5.41) is 11.3. The molecular weight excluding hydrogens is 324 g/mol. The molecule has 0 radical (unpaired) electrons. The number of thiophene rings is 1. The molecule has 0 bridgehead atoms. The summed E-state index contributed by atoms with van der Waals surface area (Å²) in [5.74, 6) is 1.09. The minimum atomic E-state index is -0.263. The number of likely N-dealkylation sites (tertiary alicyclic amines) is 1. The average Bonchev–Trinajstić information content (AvgIpc) is 2.94. The van der Waals surface area contributed by atoms with E-state index in [-0.39, 0.29) is 17.7 Å². The van der Waals surface area contributed by atoms with Crippen LogP contribution in [0.1, 0.15) is 24.8 Å². The number of amides is 2. The van der Waals surface area contributed by atoms with E-state index in [1.807, 2.05) is 16.3 Å². The summed E-state index contributed by atoms with van der Waals surface area (Å²) >= 11 is 1.64. The second kappa shape index (κ2) is 6.39. The van der Waals surface area contributed by atoms with Crippen LogP contribution in [0.25, 0.3) is 0 Å². The van der Waals surface area contributed by atoms with Gasteiger partial charge in [-0.1, -0.05) is 0 Å². The number of nitrogens with one attached hydrogen (secondary N) is 1. The van der Waals surface area contributed by atoms with Gasteiger partial charge in [0.2, 0.25) is 11.8 Å². The first kappa shape index (κ1) is 15.4. The fourth-order valence-corrected chi connectivity index (χ4v) is 3.74. The number of nitrogens with zero attached hydrogens (tertiary/aromatic N) is 3. The molecule has 126 valence electrons. The summed E-state index contributed by atoms with van der Waals surface area (Å²) < 4.78 is 1.78. The largest absolute Gasteiger partial charge is 0.342 e. The van der Waals surface area contributed by atoms with E-state index in [2.05, 4.69) is 15.8 Å². The van der Waals surface area contributed by atoms with Crippen molar-refractivity contribution in [2.75, 3.05) is 18.4 Å². The molecule has 7 heteroatoms. The molecule has 1 saturated carbocycles. The topological polar surface area (TPSA) is 67.2 Å². The highest BCUT2D eigenvalue weighted by atomic mass is 32.1. The second-order valence-electron chi connectivity index (χ2n) is 6.64. The molecule has 2 aromatic heterocycles. The number of hydrogen-bond donors (Lipinski definition) is 1. The van der Waals surface area contributed by atoms with Crippen LogP contribution >= 0.6 is 11.3 Å². The third kappa shape index (κ3) is 3.36. The summed E-state index contributed by atoms with van der Waals surface area (Å²) in [4.78, 5) is 26.4. The Balaban J connectivity index is 1.38. The molecule has 0 unspecified atom stereocenters. The molecule has 2 aromatic rings. The SMILES string of the molecule is O=C(Nc1ccnn1Cc1ccsc1)[C@H]1CC(=O)N(CC2CC2)C1. The van der Waals surface area contributed by atoms with Crippen molar-refractivity contribution in [2.24, 2.45) is 11.8 Å². The van der Waals surface area contributed by atoms with E-state index < -0.39 is 0 Å². The van der Waals surface area contributed by atoms with Gasteiger partial charge in [0.05, 0.1) is 18.7 Å². The summed E-state index contributed by atoms with van der Waals surface area (Å²) in [6.07, 6.45) is 4.42. The average molecular weight is 344 g/mol. The van der Waals surface area contributed by atoms with Gasteiger partial charge in [0.25, 0.3) is 0 Å². The molecule has 6 nitrogen and oxygen atoms in total. The van der Waals surface area contributed by atoms with Crippen LogP contribution < -0.4 is 5.32 Å². The number of rotatable bonds is 6. The molecule has 3 heterocycles. The molecule has 2 amide bonds. The van der Waals surface area contributed by atoms with Gasteiger partial charge < -0.3 is 10.2 Å². The van der Waals surface area contributed by atoms with E-state index in [0.717, 1.165) is 12.1 Å². The van der Waals surface area contributed by atoms with Gasteiger partial charge in [0.1, 0.15) is 5.82 Å². The highest BCUT2D eigenvalue weighted by Crippen LogP contribution is 2.32. The Morgan fingerprint density at radius 2 is 2.25 bits per heavy atom. The molecule has 1 N–H and O–H groups in total. The Labute approximate surface area is 144 Å². The Kier molecular flexibility index (Phi) is 4.10. The summed E-state index contributed by atoms with van der Waals surface area (Å²) in [5.41, 5.74) is 1.16. The zero-order valence-electron chi connectivity index (χ0n) is 13.4. The monoisotopic (exact) mass is 344 g/mol. The van der Waals surface area contributed by atoms with E-state index in [9.17, 15) is 9.59 Å². The van der Waals surface area contributed by atoms with Crippen molar-refractivity contribution in [1.82, 2.24) is 14.7 Å². The molecule has 1 saturated heterocycles. The van der Waals surface area contributed by atoms with Crippen LogP contribution in [0.4, 0.5) is 5.82 Å². The Bertz CT molecular complexity index is 736. The van der Waals surface area contributed by atoms with E-state index in [0.29, 0.717) is 31.2 Å². The molecular formula is C17H20N4O2S. The minimum absolute atomic E-state index is 0.0892. The Morgan fingerprint density at radius 3 is 3.00 bits per heavy atom. The molecule has 0 aromatic carbocycles. The lowest BCUT2D eigenvalue weighted by molar-refractivity contribution is -0.128. The standard InChI is InChI=1S/C17H20N4O2S/c22-16-7-14(10-20(16)8-12-1-2-12)17(23)19-15-3-5-18-21(15)9-13-4-6-24-11-13/h3-6,11-12,14H,1-2,7-10H2,(H,19,23)/t14-/m0/s1. The number of hydrogen-bond acceptors (Lipinski definition) is 4. The fourth-order valence-electron chi connectivity index (χ4n) is 3.09. The van der Waals surface area contributed by atoms with Gasteiger partial charge in [0, 0.05) is 25.6 Å². The van der Waals surface area contributed by atoms with Crippen molar-refractivity contribution in [3.8, 4) is 0 Å². The van der Waals surface area contributed by atoms with Gasteiger partial charge in [-0.15, -0.1) is 0 Å². The minimum Gasteiger partial charge on any atom is -0.342 e. The van der Waals surface area contributed by atoms with E-state index in [4.69, 9.17) is 0 Å². The molecule has 4 rings (SSSR count). The predicted octanol–water partition coefficient (Wildman–Crippen LogP) is 2.19. The van der Waals surface area contributed by atoms with E-state index >= 15 is 0 Å². The molecule has 1 atom stereocenters. The third-order valence-electron chi connectivity index (χ3n) is 4.64. The van der Waals surface area contributed by atoms with Gasteiger partial charge in [-0.2, -0.15) is 16.4 Å². The Morgan fingerprint density at radius 1 is 1.38 bits per heavy atom. The maximum Gasteiger partial charge on any atom is 0.230 e. The summed E-state index contributed by atoms with van der Waals surface area (Å²) in [7, 11) is 0. The lowest BCUT2D eigenvalue weighted by atomic mass is 10.1. The van der Waals surface area contributed by atoms with Gasteiger partial charge in [-0.25, -0.2) is 4.68 Å². The van der Waals surface area contributed by atoms with Crippen molar-refractivity contribution in [3.05, 3.63) is 34.7 Å². The van der Waals surface area contributed by atoms with Crippen molar-refractivity contribution < 1.29 is 9.59 Å². The van der Waals surface area contributed by atoms with Gasteiger partial charge >= 0.3 is 0 Å². The highest BCUT2D eigenvalue weighted by molar-refractivity contribution is 7.07. The van der Waals surface area contributed by atoms with Crippen LogP contribution in [0.3, 0.4) is 0 Å².